The van der Waals surface area contributed by atoms with E-state index in [4.69, 9.17) is 4.74 Å². The largest absolute Gasteiger partial charge is 0.497 e. The van der Waals surface area contributed by atoms with Gasteiger partial charge < -0.3 is 9.64 Å². The summed E-state index contributed by atoms with van der Waals surface area (Å²) in [5.41, 5.74) is 2.09. The molecule has 0 saturated carbocycles. The average molecular weight is 275 g/mol. The molecule has 2 aliphatic heterocycles. The predicted molar refractivity (Wildman–Crippen MR) is 78.5 cm³/mol. The van der Waals surface area contributed by atoms with E-state index in [1.54, 1.807) is 7.11 Å². The van der Waals surface area contributed by atoms with Gasteiger partial charge in [0, 0.05) is 13.1 Å². The minimum absolute atomic E-state index is 0.153. The molecule has 3 rings (SSSR count). The Morgan fingerprint density at radius 3 is 2.95 bits per heavy atom. The minimum Gasteiger partial charge on any atom is -0.497 e. The molecule has 0 spiro atoms. The lowest BCUT2D eigenvalue weighted by molar-refractivity contribution is -0.543. The van der Waals surface area contributed by atoms with Crippen molar-refractivity contribution in [1.29, 1.82) is 0 Å². The number of fused-ring (bicyclic) bond motifs is 3. The summed E-state index contributed by atoms with van der Waals surface area (Å²) in [6.07, 6.45) is 2.03. The molecule has 1 aromatic carbocycles. The second-order valence-corrected chi connectivity index (χ2v) is 5.15. The summed E-state index contributed by atoms with van der Waals surface area (Å²) in [5.74, 6) is 1.62. The molecule has 0 N–H and O–H groups in total. The van der Waals surface area contributed by atoms with Crippen LogP contribution in [-0.4, -0.2) is 37.6 Å². The molecular weight excluding hydrogens is 256 g/mol. The monoisotopic (exact) mass is 275 g/mol. The first-order valence-corrected chi connectivity index (χ1v) is 6.87. The van der Waals surface area contributed by atoms with Gasteiger partial charge in [-0.15, -0.1) is 0 Å². The van der Waals surface area contributed by atoms with E-state index in [9.17, 15) is 4.91 Å². The van der Waals surface area contributed by atoms with Crippen LogP contribution in [0.5, 0.6) is 5.75 Å². The van der Waals surface area contributed by atoms with Crippen LogP contribution in [0.3, 0.4) is 0 Å². The molecule has 0 aromatic heterocycles. The average Bonchev–Trinajstić information content (AvgIpc) is 2.84. The highest BCUT2D eigenvalue weighted by Crippen LogP contribution is 2.40. The fourth-order valence-corrected chi connectivity index (χ4v) is 2.92. The zero-order chi connectivity index (χ0) is 14.3. The molecule has 0 saturated heterocycles. The molecule has 1 atom stereocenters. The smallest absolute Gasteiger partial charge is 0.307 e. The number of benzene rings is 1. The van der Waals surface area contributed by atoms with Crippen LogP contribution in [0.4, 0.5) is 11.4 Å². The Kier molecular flexibility index (Phi) is 3.08. The van der Waals surface area contributed by atoms with Crippen molar-refractivity contribution in [3.8, 4) is 5.75 Å². The number of rotatable bonds is 3. The molecule has 2 heterocycles. The van der Waals surface area contributed by atoms with Gasteiger partial charge in [0.2, 0.25) is 5.84 Å². The van der Waals surface area contributed by atoms with Crippen molar-refractivity contribution in [3.05, 3.63) is 23.1 Å². The first-order chi connectivity index (χ1) is 9.65. The molecule has 2 aliphatic rings. The molecule has 6 heteroatoms. The zero-order valence-corrected chi connectivity index (χ0v) is 12.0. The number of hydrogen-bond donors (Lipinski definition) is 0. The van der Waals surface area contributed by atoms with Crippen molar-refractivity contribution in [3.63, 3.8) is 0 Å². The Balaban J connectivity index is 2.11. The predicted octanol–water partition coefficient (Wildman–Crippen LogP) is 2.18. The summed E-state index contributed by atoms with van der Waals surface area (Å²) >= 11 is 0. The van der Waals surface area contributed by atoms with Crippen LogP contribution in [0, 0.1) is 4.91 Å². The normalized spacial score (nSPS) is 20.6. The standard InChI is InChI=1S/C14H19N4O2/c1-4-5-12-14-15-18(19)9-17(14)13-8-10(20-3)6-7-11(13)16(12)2/h6-8,12H,4-5,9H2,1-3H3/q+1. The van der Waals surface area contributed by atoms with Crippen LogP contribution in [0.1, 0.15) is 19.8 Å². The second kappa shape index (κ2) is 4.77. The highest BCUT2D eigenvalue weighted by Gasteiger charge is 2.43. The van der Waals surface area contributed by atoms with E-state index in [1.165, 1.54) is 0 Å². The van der Waals surface area contributed by atoms with Gasteiger partial charge in [-0.2, -0.15) is 0 Å². The van der Waals surface area contributed by atoms with Crippen molar-refractivity contribution >= 4 is 17.2 Å². The topological polar surface area (TPSA) is 48.1 Å². The van der Waals surface area contributed by atoms with E-state index in [0.29, 0.717) is 0 Å². The van der Waals surface area contributed by atoms with Gasteiger partial charge in [-0.1, -0.05) is 13.3 Å². The quantitative estimate of drug-likeness (QED) is 0.793. The molecule has 20 heavy (non-hydrogen) atoms. The molecule has 0 aliphatic carbocycles. The van der Waals surface area contributed by atoms with Gasteiger partial charge in [-0.3, -0.25) is 4.90 Å². The number of hydrazone groups is 1. The van der Waals surface area contributed by atoms with E-state index in [1.807, 2.05) is 23.1 Å². The SMILES string of the molecule is CCCC1C2=N[N+](=O)CN2c2cc(OC)ccc2N1C. The summed E-state index contributed by atoms with van der Waals surface area (Å²) in [5, 5.41) is 4.15. The van der Waals surface area contributed by atoms with E-state index in [2.05, 4.69) is 24.0 Å². The first kappa shape index (κ1) is 12.9. The first-order valence-electron chi connectivity index (χ1n) is 6.87. The summed E-state index contributed by atoms with van der Waals surface area (Å²) in [6, 6.07) is 6.11. The number of amidine groups is 1. The number of ether oxygens (including phenoxy) is 1. The van der Waals surface area contributed by atoms with E-state index in [0.717, 1.165) is 40.7 Å². The zero-order valence-electron chi connectivity index (χ0n) is 12.0. The van der Waals surface area contributed by atoms with E-state index < -0.39 is 0 Å². The van der Waals surface area contributed by atoms with Gasteiger partial charge in [0.15, 0.2) is 4.87 Å². The van der Waals surface area contributed by atoms with E-state index in [-0.39, 0.29) is 12.7 Å². The third kappa shape index (κ3) is 1.83. The van der Waals surface area contributed by atoms with Crippen molar-refractivity contribution in [1.82, 2.24) is 0 Å². The Bertz CT molecular complexity index is 585. The summed E-state index contributed by atoms with van der Waals surface area (Å²) in [4.78, 5) is 16.6. The van der Waals surface area contributed by atoms with Gasteiger partial charge in [0.25, 0.3) is 0 Å². The number of likely N-dealkylation sites (N-methyl/N-ethyl adjacent to an activating group) is 1. The van der Waals surface area contributed by atoms with Gasteiger partial charge in [-0.05, 0) is 18.6 Å². The minimum atomic E-state index is 0.153. The summed E-state index contributed by atoms with van der Waals surface area (Å²) in [6.45, 7) is 2.40. The Morgan fingerprint density at radius 2 is 2.25 bits per heavy atom. The Hall–Kier alpha value is -2.11. The van der Waals surface area contributed by atoms with Crippen LogP contribution in [-0.2, 0) is 0 Å². The maximum absolute atomic E-state index is 11.7. The molecule has 6 nitrogen and oxygen atoms in total. The Labute approximate surface area is 118 Å². The fraction of sp³-hybridized carbons (Fsp3) is 0.500. The second-order valence-electron chi connectivity index (χ2n) is 5.15. The molecule has 0 bridgehead atoms. The molecule has 1 unspecified atom stereocenters. The van der Waals surface area contributed by atoms with E-state index >= 15 is 0 Å². The van der Waals surface area contributed by atoms with Crippen LogP contribution in [0.25, 0.3) is 0 Å². The van der Waals surface area contributed by atoms with Crippen molar-refractivity contribution < 1.29 is 9.61 Å². The third-order valence-electron chi connectivity index (χ3n) is 3.93. The fourth-order valence-electron chi connectivity index (χ4n) is 2.92. The molecular formula is C14H19N4O2+. The molecule has 106 valence electrons. The lowest BCUT2D eigenvalue weighted by Gasteiger charge is -2.38. The lowest BCUT2D eigenvalue weighted by atomic mass is 10.0. The lowest BCUT2D eigenvalue weighted by Crippen LogP contribution is -2.50. The van der Waals surface area contributed by atoms with Crippen LogP contribution >= 0.6 is 0 Å². The van der Waals surface area contributed by atoms with Crippen LogP contribution in [0.15, 0.2) is 23.3 Å². The molecule has 0 fully saturated rings. The number of methoxy groups -OCH3 is 1. The van der Waals surface area contributed by atoms with Crippen LogP contribution < -0.4 is 14.5 Å². The summed E-state index contributed by atoms with van der Waals surface area (Å²) in [7, 11) is 3.70. The molecule has 0 radical (unpaired) electrons. The van der Waals surface area contributed by atoms with Gasteiger partial charge in [0.05, 0.1) is 34.5 Å². The third-order valence-corrected chi connectivity index (χ3v) is 3.93. The molecule has 1 aromatic rings. The van der Waals surface area contributed by atoms with Gasteiger partial charge >= 0.3 is 6.67 Å². The maximum Gasteiger partial charge on any atom is 0.307 e. The summed E-state index contributed by atoms with van der Waals surface area (Å²) < 4.78 is 5.29. The van der Waals surface area contributed by atoms with Crippen molar-refractivity contribution in [2.45, 2.75) is 25.8 Å². The molecule has 0 amide bonds. The number of hydrogen-bond acceptors (Lipinski definition) is 4. The van der Waals surface area contributed by atoms with Gasteiger partial charge in [-0.25, -0.2) is 0 Å². The number of anilines is 2. The highest BCUT2D eigenvalue weighted by molar-refractivity contribution is 6.09. The Morgan fingerprint density at radius 1 is 1.45 bits per heavy atom. The van der Waals surface area contributed by atoms with Gasteiger partial charge in [0.1, 0.15) is 5.75 Å². The highest BCUT2D eigenvalue weighted by atomic mass is 16.5. The maximum atomic E-state index is 11.7. The van der Waals surface area contributed by atoms with Crippen molar-refractivity contribution in [2.24, 2.45) is 5.10 Å². The number of nitrogens with zero attached hydrogens (tertiary/aromatic N) is 4. The van der Waals surface area contributed by atoms with Crippen molar-refractivity contribution in [2.75, 3.05) is 30.6 Å². The van der Waals surface area contributed by atoms with Crippen LogP contribution in [0.2, 0.25) is 0 Å². The number of nitroso groups, excluding NO2 is 1.